The molecule has 0 saturated carbocycles. The maximum atomic E-state index is 12.4. The van der Waals surface area contributed by atoms with Crippen LogP contribution in [0.3, 0.4) is 0 Å². The largest absolute Gasteiger partial charge is 0.573 e. The summed E-state index contributed by atoms with van der Waals surface area (Å²) in [6.45, 7) is 1.29. The highest BCUT2D eigenvalue weighted by molar-refractivity contribution is 5.90. The predicted octanol–water partition coefficient (Wildman–Crippen LogP) is 3.57. The molecule has 0 unspecified atom stereocenters. The Balaban J connectivity index is 2.32. The first-order chi connectivity index (χ1) is 10.8. The van der Waals surface area contributed by atoms with Crippen LogP contribution in [0.5, 0.6) is 11.6 Å². The van der Waals surface area contributed by atoms with Crippen molar-refractivity contribution in [3.05, 3.63) is 53.2 Å². The zero-order valence-electron chi connectivity index (χ0n) is 11.9. The van der Waals surface area contributed by atoms with E-state index in [9.17, 15) is 18.0 Å². The molecule has 0 atom stereocenters. The maximum absolute atomic E-state index is 12.4. The highest BCUT2D eigenvalue weighted by Crippen LogP contribution is 2.29. The fourth-order valence-corrected chi connectivity index (χ4v) is 1.88. The third-order valence-corrected chi connectivity index (χ3v) is 2.82. The van der Waals surface area contributed by atoms with Gasteiger partial charge in [-0.25, -0.2) is 9.78 Å². The normalized spacial score (nSPS) is 11.1. The van der Waals surface area contributed by atoms with Crippen molar-refractivity contribution in [2.75, 3.05) is 0 Å². The van der Waals surface area contributed by atoms with Crippen LogP contribution in [0.2, 0.25) is 0 Å². The fourth-order valence-electron chi connectivity index (χ4n) is 1.88. The molecule has 122 valence electrons. The van der Waals surface area contributed by atoms with Gasteiger partial charge < -0.3 is 14.6 Å². The second-order valence-corrected chi connectivity index (χ2v) is 4.54. The van der Waals surface area contributed by atoms with E-state index >= 15 is 0 Å². The average Bonchev–Trinajstić information content (AvgIpc) is 2.44. The van der Waals surface area contributed by atoms with Crippen molar-refractivity contribution in [3.8, 4) is 11.6 Å². The number of aryl methyl sites for hydroxylation is 1. The minimum atomic E-state index is -4.94. The fraction of sp³-hybridized carbons (Fsp3) is 0.200. The van der Waals surface area contributed by atoms with Crippen molar-refractivity contribution in [1.29, 1.82) is 0 Å². The highest BCUT2D eigenvalue weighted by atomic mass is 19.4. The van der Waals surface area contributed by atoms with Crippen LogP contribution in [0.25, 0.3) is 0 Å². The summed E-state index contributed by atoms with van der Waals surface area (Å²) in [6.07, 6.45) is -4.94. The van der Waals surface area contributed by atoms with Gasteiger partial charge in [0.25, 0.3) is 0 Å². The molecule has 5 nitrogen and oxygen atoms in total. The number of alkyl halides is 3. The van der Waals surface area contributed by atoms with Crippen molar-refractivity contribution in [1.82, 2.24) is 4.98 Å². The molecule has 0 aliphatic carbocycles. The molecule has 1 aromatic heterocycles. The topological polar surface area (TPSA) is 68.7 Å². The minimum absolute atomic E-state index is 0.170. The Morgan fingerprint density at radius 1 is 1.22 bits per heavy atom. The van der Waals surface area contributed by atoms with E-state index in [1.165, 1.54) is 18.2 Å². The number of carbonyl (C=O) groups is 1. The number of hydrogen-bond acceptors (Lipinski definition) is 4. The molecule has 8 heteroatoms. The van der Waals surface area contributed by atoms with E-state index in [2.05, 4.69) is 9.72 Å². The summed E-state index contributed by atoms with van der Waals surface area (Å²) in [7, 11) is 0. The van der Waals surface area contributed by atoms with E-state index in [4.69, 9.17) is 9.84 Å². The first-order valence-corrected chi connectivity index (χ1v) is 6.43. The SMILES string of the molecule is Cc1cccc(OCc2c(OC(F)(F)F)cccc2C(=O)O)n1. The molecule has 1 N–H and O–H groups in total. The second-order valence-electron chi connectivity index (χ2n) is 4.54. The monoisotopic (exact) mass is 327 g/mol. The van der Waals surface area contributed by atoms with Gasteiger partial charge in [-0.15, -0.1) is 13.2 Å². The van der Waals surface area contributed by atoms with Gasteiger partial charge in [0.15, 0.2) is 0 Å². The van der Waals surface area contributed by atoms with E-state index < -0.39 is 24.7 Å². The number of aromatic nitrogens is 1. The summed E-state index contributed by atoms with van der Waals surface area (Å²) in [6, 6.07) is 8.26. The Hall–Kier alpha value is -2.77. The van der Waals surface area contributed by atoms with Gasteiger partial charge in [0.2, 0.25) is 5.88 Å². The van der Waals surface area contributed by atoms with Crippen molar-refractivity contribution < 1.29 is 32.5 Å². The molecule has 23 heavy (non-hydrogen) atoms. The van der Waals surface area contributed by atoms with Gasteiger partial charge in [-0.05, 0) is 25.1 Å². The number of benzene rings is 1. The van der Waals surface area contributed by atoms with Crippen LogP contribution in [0.1, 0.15) is 21.6 Å². The van der Waals surface area contributed by atoms with E-state index in [1.807, 2.05) is 0 Å². The molecule has 1 heterocycles. The third-order valence-electron chi connectivity index (χ3n) is 2.82. The van der Waals surface area contributed by atoms with Crippen molar-refractivity contribution in [2.24, 2.45) is 0 Å². The van der Waals surface area contributed by atoms with Crippen LogP contribution in [0, 0.1) is 6.92 Å². The number of aromatic carboxylic acids is 1. The number of carboxylic acids is 1. The summed E-state index contributed by atoms with van der Waals surface area (Å²) in [4.78, 5) is 15.2. The summed E-state index contributed by atoms with van der Waals surface area (Å²) in [5, 5.41) is 9.12. The molecule has 0 aliphatic heterocycles. The van der Waals surface area contributed by atoms with Crippen molar-refractivity contribution in [3.63, 3.8) is 0 Å². The summed E-state index contributed by atoms with van der Waals surface area (Å²) in [5.41, 5.74) is 0.0980. The maximum Gasteiger partial charge on any atom is 0.573 e. The van der Waals surface area contributed by atoms with Gasteiger partial charge in [0.1, 0.15) is 12.4 Å². The van der Waals surface area contributed by atoms with E-state index in [-0.39, 0.29) is 17.0 Å². The molecule has 0 saturated heterocycles. The van der Waals surface area contributed by atoms with Gasteiger partial charge in [-0.2, -0.15) is 0 Å². The Labute approximate surface area is 129 Å². The standard InChI is InChI=1S/C15H12F3NO4/c1-9-4-2-7-13(19-9)22-8-11-10(14(20)21)5-3-6-12(11)23-15(16,17)18/h2-7H,8H2,1H3,(H,20,21). The van der Waals surface area contributed by atoms with Gasteiger partial charge in [0.05, 0.1) is 5.56 Å². The van der Waals surface area contributed by atoms with Crippen LogP contribution >= 0.6 is 0 Å². The van der Waals surface area contributed by atoms with Crippen molar-refractivity contribution >= 4 is 5.97 Å². The van der Waals surface area contributed by atoms with Crippen LogP contribution < -0.4 is 9.47 Å². The third kappa shape index (κ3) is 4.60. The number of carboxylic acid groups (broad SMARTS) is 1. The quantitative estimate of drug-likeness (QED) is 0.909. The molecule has 0 aliphatic rings. The summed E-state index contributed by atoms with van der Waals surface area (Å²) >= 11 is 0. The molecule has 0 amide bonds. The lowest BCUT2D eigenvalue weighted by molar-refractivity contribution is -0.275. The van der Waals surface area contributed by atoms with Crippen LogP contribution in [0.4, 0.5) is 13.2 Å². The average molecular weight is 327 g/mol. The lowest BCUT2D eigenvalue weighted by Crippen LogP contribution is -2.19. The van der Waals surface area contributed by atoms with Crippen LogP contribution in [-0.4, -0.2) is 22.4 Å². The molecular formula is C15H12F3NO4. The van der Waals surface area contributed by atoms with E-state index in [0.29, 0.717) is 5.69 Å². The van der Waals surface area contributed by atoms with E-state index in [0.717, 1.165) is 6.07 Å². The Bertz CT molecular complexity index is 716. The zero-order valence-corrected chi connectivity index (χ0v) is 11.9. The Kier molecular flexibility index (Phi) is 4.73. The number of rotatable bonds is 5. The van der Waals surface area contributed by atoms with Gasteiger partial charge in [-0.1, -0.05) is 12.1 Å². The molecule has 0 spiro atoms. The van der Waals surface area contributed by atoms with Crippen molar-refractivity contribution in [2.45, 2.75) is 19.9 Å². The Morgan fingerprint density at radius 2 is 1.91 bits per heavy atom. The zero-order chi connectivity index (χ0) is 17.0. The second kappa shape index (κ2) is 6.55. The molecule has 1 aromatic carbocycles. The minimum Gasteiger partial charge on any atom is -0.478 e. The molecule has 0 bridgehead atoms. The van der Waals surface area contributed by atoms with Gasteiger partial charge in [0, 0.05) is 17.3 Å². The molecule has 2 rings (SSSR count). The summed E-state index contributed by atoms with van der Waals surface area (Å²) < 4.78 is 46.5. The number of halogens is 3. The lowest BCUT2D eigenvalue weighted by Gasteiger charge is -2.15. The number of nitrogens with zero attached hydrogens (tertiary/aromatic N) is 1. The number of hydrogen-bond donors (Lipinski definition) is 1. The van der Waals surface area contributed by atoms with E-state index in [1.54, 1.807) is 19.1 Å². The summed E-state index contributed by atoms with van der Waals surface area (Å²) in [5.74, 6) is -1.83. The van der Waals surface area contributed by atoms with Gasteiger partial charge >= 0.3 is 12.3 Å². The first kappa shape index (κ1) is 16.6. The van der Waals surface area contributed by atoms with Crippen LogP contribution in [0.15, 0.2) is 36.4 Å². The smallest absolute Gasteiger partial charge is 0.478 e. The number of ether oxygens (including phenoxy) is 2. The molecule has 2 aromatic rings. The molecular weight excluding hydrogens is 315 g/mol. The molecule has 0 radical (unpaired) electrons. The predicted molar refractivity (Wildman–Crippen MR) is 73.4 cm³/mol. The highest BCUT2D eigenvalue weighted by Gasteiger charge is 2.33. The molecule has 0 fully saturated rings. The number of pyridine rings is 1. The lowest BCUT2D eigenvalue weighted by atomic mass is 10.1. The first-order valence-electron chi connectivity index (χ1n) is 6.43. The van der Waals surface area contributed by atoms with Crippen LogP contribution in [-0.2, 0) is 6.61 Å². The van der Waals surface area contributed by atoms with Gasteiger partial charge in [-0.3, -0.25) is 0 Å². The Morgan fingerprint density at radius 3 is 2.52 bits per heavy atom.